The monoisotopic (exact) mass is 192 g/mol. The number of hydrogen-bond acceptors (Lipinski definition) is 2. The third kappa shape index (κ3) is 3.82. The summed E-state index contributed by atoms with van der Waals surface area (Å²) in [6.07, 6.45) is 2.10. The fourth-order valence-corrected chi connectivity index (χ4v) is 1.62. The average Bonchev–Trinajstić information content (AvgIpc) is 2.02. The number of thioether (sulfide) groups is 1. The van der Waals surface area contributed by atoms with Crippen molar-refractivity contribution >= 4 is 29.1 Å². The van der Waals surface area contributed by atoms with E-state index in [0.29, 0.717) is 6.04 Å². The maximum atomic E-state index is 5.07. The van der Waals surface area contributed by atoms with Gasteiger partial charge in [0.1, 0.15) is 0 Å². The molecule has 1 atom stereocenters. The molecule has 66 valence electrons. The Bertz CT molecular complexity index is 128. The first kappa shape index (κ1) is 11.0. The van der Waals surface area contributed by atoms with E-state index in [1.165, 1.54) is 0 Å². The first-order valence-electron chi connectivity index (χ1n) is 3.57. The van der Waals surface area contributed by atoms with E-state index >= 15 is 0 Å². The Morgan fingerprint density at radius 3 is 2.64 bits per heavy atom. The first-order chi connectivity index (χ1) is 5.13. The Morgan fingerprint density at radius 2 is 2.27 bits per heavy atom. The number of hydrogen-bond donors (Lipinski definition) is 1. The SMILES string of the molecule is CNC(=S)N(C)C(C)CSC. The van der Waals surface area contributed by atoms with Crippen molar-refractivity contribution in [2.45, 2.75) is 13.0 Å². The van der Waals surface area contributed by atoms with Crippen molar-refractivity contribution in [3.8, 4) is 0 Å². The highest BCUT2D eigenvalue weighted by Crippen LogP contribution is 2.03. The second kappa shape index (κ2) is 5.66. The van der Waals surface area contributed by atoms with Gasteiger partial charge in [0.2, 0.25) is 0 Å². The predicted octanol–water partition coefficient (Wildman–Crippen LogP) is 1.17. The van der Waals surface area contributed by atoms with Gasteiger partial charge in [-0.2, -0.15) is 11.8 Å². The van der Waals surface area contributed by atoms with E-state index in [9.17, 15) is 0 Å². The van der Waals surface area contributed by atoms with Crippen molar-refractivity contribution in [3.05, 3.63) is 0 Å². The molecular formula is C7H16N2S2. The van der Waals surface area contributed by atoms with Crippen LogP contribution < -0.4 is 5.32 Å². The Hall–Kier alpha value is 0.0400. The molecule has 1 N–H and O–H groups in total. The fourth-order valence-electron chi connectivity index (χ4n) is 0.730. The summed E-state index contributed by atoms with van der Waals surface area (Å²) in [4.78, 5) is 2.08. The molecule has 0 bridgehead atoms. The summed E-state index contributed by atoms with van der Waals surface area (Å²) in [5.41, 5.74) is 0. The summed E-state index contributed by atoms with van der Waals surface area (Å²) in [6.45, 7) is 2.17. The topological polar surface area (TPSA) is 15.3 Å². The van der Waals surface area contributed by atoms with Crippen LogP contribution in [-0.4, -0.2) is 42.2 Å². The van der Waals surface area contributed by atoms with Crippen molar-refractivity contribution in [2.75, 3.05) is 26.1 Å². The van der Waals surface area contributed by atoms with E-state index in [1.54, 1.807) is 0 Å². The predicted molar refractivity (Wildman–Crippen MR) is 57.3 cm³/mol. The molecule has 0 fully saturated rings. The van der Waals surface area contributed by atoms with Crippen molar-refractivity contribution in [2.24, 2.45) is 0 Å². The Balaban J connectivity index is 3.80. The minimum Gasteiger partial charge on any atom is -0.366 e. The van der Waals surface area contributed by atoms with Crippen LogP contribution in [0.25, 0.3) is 0 Å². The van der Waals surface area contributed by atoms with E-state index < -0.39 is 0 Å². The van der Waals surface area contributed by atoms with Gasteiger partial charge in [-0.25, -0.2) is 0 Å². The zero-order valence-corrected chi connectivity index (χ0v) is 9.18. The molecule has 0 rings (SSSR count). The maximum Gasteiger partial charge on any atom is 0.168 e. The largest absolute Gasteiger partial charge is 0.366 e. The van der Waals surface area contributed by atoms with E-state index in [2.05, 4.69) is 23.4 Å². The van der Waals surface area contributed by atoms with Crippen LogP contribution in [0.15, 0.2) is 0 Å². The molecule has 0 spiro atoms. The molecule has 4 heteroatoms. The number of nitrogens with one attached hydrogen (secondary N) is 1. The number of rotatable bonds is 3. The molecule has 0 aliphatic heterocycles. The van der Waals surface area contributed by atoms with Gasteiger partial charge in [0, 0.05) is 25.9 Å². The van der Waals surface area contributed by atoms with Gasteiger partial charge in [0.25, 0.3) is 0 Å². The van der Waals surface area contributed by atoms with E-state index in [0.717, 1.165) is 10.9 Å². The Morgan fingerprint density at radius 1 is 1.73 bits per heavy atom. The number of thiocarbonyl (C=S) groups is 1. The molecule has 0 heterocycles. The van der Waals surface area contributed by atoms with Crippen LogP contribution in [0.2, 0.25) is 0 Å². The lowest BCUT2D eigenvalue weighted by atomic mass is 10.4. The molecule has 11 heavy (non-hydrogen) atoms. The molecule has 2 nitrogen and oxygen atoms in total. The highest BCUT2D eigenvalue weighted by molar-refractivity contribution is 7.98. The van der Waals surface area contributed by atoms with Gasteiger partial charge < -0.3 is 10.2 Å². The first-order valence-corrected chi connectivity index (χ1v) is 5.37. The van der Waals surface area contributed by atoms with Crippen molar-refractivity contribution < 1.29 is 0 Å². The molecule has 0 aromatic rings. The van der Waals surface area contributed by atoms with Crippen LogP contribution in [0, 0.1) is 0 Å². The lowest BCUT2D eigenvalue weighted by molar-refractivity contribution is 0.419. The normalized spacial score (nSPS) is 12.4. The van der Waals surface area contributed by atoms with Gasteiger partial charge in [-0.1, -0.05) is 0 Å². The standard InChI is InChI=1S/C7H16N2S2/c1-6(5-11-4)9(3)7(10)8-2/h6H,5H2,1-4H3,(H,8,10). The average molecular weight is 192 g/mol. The smallest absolute Gasteiger partial charge is 0.168 e. The minimum atomic E-state index is 0.505. The third-order valence-electron chi connectivity index (χ3n) is 1.60. The summed E-state index contributed by atoms with van der Waals surface area (Å²) in [5.74, 6) is 1.11. The summed E-state index contributed by atoms with van der Waals surface area (Å²) in [6, 6.07) is 0.505. The van der Waals surface area contributed by atoms with Gasteiger partial charge in [0.15, 0.2) is 5.11 Å². The Labute approximate surface area is 78.7 Å². The molecule has 0 aliphatic carbocycles. The molecule has 0 aromatic carbocycles. The second-order valence-electron chi connectivity index (χ2n) is 2.47. The molecule has 0 aromatic heterocycles. The quantitative estimate of drug-likeness (QED) is 0.675. The molecule has 1 unspecified atom stereocenters. The molecule has 0 saturated carbocycles. The zero-order valence-electron chi connectivity index (χ0n) is 7.55. The second-order valence-corrected chi connectivity index (χ2v) is 3.77. The van der Waals surface area contributed by atoms with Crippen LogP contribution in [-0.2, 0) is 0 Å². The summed E-state index contributed by atoms with van der Waals surface area (Å²) < 4.78 is 0. The van der Waals surface area contributed by atoms with E-state index in [4.69, 9.17) is 12.2 Å². The summed E-state index contributed by atoms with van der Waals surface area (Å²) in [7, 11) is 3.87. The Kier molecular flexibility index (Phi) is 5.68. The lowest BCUT2D eigenvalue weighted by Crippen LogP contribution is -2.41. The molecule has 0 radical (unpaired) electrons. The highest BCUT2D eigenvalue weighted by atomic mass is 32.2. The van der Waals surface area contributed by atoms with Gasteiger partial charge in [-0.3, -0.25) is 0 Å². The van der Waals surface area contributed by atoms with Crippen molar-refractivity contribution in [3.63, 3.8) is 0 Å². The van der Waals surface area contributed by atoms with Crippen LogP contribution in [0.4, 0.5) is 0 Å². The molecule has 0 aliphatic rings. The minimum absolute atomic E-state index is 0.505. The highest BCUT2D eigenvalue weighted by Gasteiger charge is 2.09. The van der Waals surface area contributed by atoms with E-state index in [1.807, 2.05) is 25.9 Å². The third-order valence-corrected chi connectivity index (χ3v) is 2.91. The van der Waals surface area contributed by atoms with Crippen LogP contribution in [0.5, 0.6) is 0 Å². The van der Waals surface area contributed by atoms with Crippen molar-refractivity contribution in [1.82, 2.24) is 10.2 Å². The van der Waals surface area contributed by atoms with Crippen LogP contribution in [0.1, 0.15) is 6.92 Å². The molecular weight excluding hydrogens is 176 g/mol. The fraction of sp³-hybridized carbons (Fsp3) is 0.857. The molecule has 0 amide bonds. The van der Waals surface area contributed by atoms with Gasteiger partial charge in [0.05, 0.1) is 0 Å². The van der Waals surface area contributed by atoms with Gasteiger partial charge in [-0.05, 0) is 25.4 Å². The van der Waals surface area contributed by atoms with E-state index in [-0.39, 0.29) is 0 Å². The van der Waals surface area contributed by atoms with Gasteiger partial charge in [-0.15, -0.1) is 0 Å². The molecule has 0 saturated heterocycles. The van der Waals surface area contributed by atoms with Crippen LogP contribution >= 0.6 is 24.0 Å². The summed E-state index contributed by atoms with van der Waals surface area (Å²) in [5, 5.41) is 3.76. The number of nitrogens with zero attached hydrogens (tertiary/aromatic N) is 1. The van der Waals surface area contributed by atoms with Gasteiger partial charge >= 0.3 is 0 Å². The zero-order chi connectivity index (χ0) is 8.85. The summed E-state index contributed by atoms with van der Waals surface area (Å²) >= 11 is 6.91. The van der Waals surface area contributed by atoms with Crippen molar-refractivity contribution in [1.29, 1.82) is 0 Å². The van der Waals surface area contributed by atoms with Crippen LogP contribution in [0.3, 0.4) is 0 Å². The lowest BCUT2D eigenvalue weighted by Gasteiger charge is -2.26. The maximum absolute atomic E-state index is 5.07.